The van der Waals surface area contributed by atoms with Gasteiger partial charge in [-0.05, 0) is 81.3 Å². The van der Waals surface area contributed by atoms with Gasteiger partial charge in [0.15, 0.2) is 0 Å². The van der Waals surface area contributed by atoms with Crippen LogP contribution in [0.15, 0.2) is 76.6 Å². The van der Waals surface area contributed by atoms with Gasteiger partial charge in [-0.25, -0.2) is 13.2 Å². The molecule has 5 rings (SSSR count). The Morgan fingerprint density at radius 3 is 2.10 bits per heavy atom. The van der Waals surface area contributed by atoms with Crippen molar-refractivity contribution < 1.29 is 27.5 Å². The molecule has 0 unspecified atom stereocenters. The number of hydrogen-bond donors (Lipinski definition) is 2. The van der Waals surface area contributed by atoms with E-state index in [9.17, 15) is 18.0 Å². The van der Waals surface area contributed by atoms with E-state index in [1.807, 2.05) is 56.9 Å². The molecule has 3 amide bonds. The molecule has 1 fully saturated rings. The van der Waals surface area contributed by atoms with Gasteiger partial charge in [-0.15, -0.1) is 0 Å². The number of benzene rings is 3. The summed E-state index contributed by atoms with van der Waals surface area (Å²) in [7, 11) is -2.61. The fourth-order valence-corrected chi connectivity index (χ4v) is 7.33. The van der Waals surface area contributed by atoms with E-state index in [1.54, 1.807) is 40.1 Å². The van der Waals surface area contributed by atoms with Crippen molar-refractivity contribution in [3.05, 3.63) is 93.5 Å². The molecule has 2 aliphatic heterocycles. The van der Waals surface area contributed by atoms with Gasteiger partial charge < -0.3 is 19.7 Å². The first-order chi connectivity index (χ1) is 24.2. The zero-order chi connectivity index (χ0) is 36.9. The van der Waals surface area contributed by atoms with Crippen LogP contribution in [0.1, 0.15) is 56.5 Å². The lowest BCUT2D eigenvalue weighted by atomic mass is 9.93. The van der Waals surface area contributed by atoms with Crippen molar-refractivity contribution in [3.63, 3.8) is 0 Å². The molecule has 12 nitrogen and oxygen atoms in total. The number of carbonyl (C=O) groups excluding carboxylic acids is 2. The number of nitrogens with one attached hydrogen (secondary N) is 2. The van der Waals surface area contributed by atoms with Crippen LogP contribution in [0, 0.1) is 0 Å². The van der Waals surface area contributed by atoms with Gasteiger partial charge in [-0.3, -0.25) is 19.6 Å². The summed E-state index contributed by atoms with van der Waals surface area (Å²) in [5, 5.41) is 4.07. The van der Waals surface area contributed by atoms with Crippen LogP contribution < -0.4 is 14.8 Å². The average molecular weight is 760 g/mol. The fraction of sp³-hybridized carbons (Fsp3) is 0.417. The highest BCUT2D eigenvalue weighted by molar-refractivity contribution is 7.89. The second kappa shape index (κ2) is 16.3. The Morgan fingerprint density at radius 2 is 1.53 bits per heavy atom. The number of hydrogen-bond acceptors (Lipinski definition) is 8. The van der Waals surface area contributed by atoms with Gasteiger partial charge in [0, 0.05) is 48.9 Å². The largest absolute Gasteiger partial charge is 0.493 e. The van der Waals surface area contributed by atoms with Crippen LogP contribution in [0.3, 0.4) is 0 Å². The number of nitrogens with zero attached hydrogens (tertiary/aromatic N) is 4. The number of piperazine rings is 1. The van der Waals surface area contributed by atoms with Crippen molar-refractivity contribution in [1.82, 2.24) is 24.7 Å². The summed E-state index contributed by atoms with van der Waals surface area (Å²) in [4.78, 5) is 38.1. The van der Waals surface area contributed by atoms with Gasteiger partial charge in [-0.2, -0.15) is 4.72 Å². The van der Waals surface area contributed by atoms with E-state index in [1.165, 1.54) is 19.2 Å². The van der Waals surface area contributed by atoms with Crippen LogP contribution in [0.2, 0.25) is 10.0 Å². The van der Waals surface area contributed by atoms with Crippen molar-refractivity contribution in [2.75, 3.05) is 53.2 Å². The lowest BCUT2D eigenvalue weighted by Crippen LogP contribution is -2.56. The first-order valence-electron chi connectivity index (χ1n) is 16.7. The summed E-state index contributed by atoms with van der Waals surface area (Å²) >= 11 is 12.6. The van der Waals surface area contributed by atoms with Crippen LogP contribution in [0.4, 0.5) is 4.79 Å². The molecular formula is C36H44Cl2N6O6S. The van der Waals surface area contributed by atoms with Crippen LogP contribution in [0.5, 0.6) is 5.75 Å². The number of amidine groups is 1. The van der Waals surface area contributed by atoms with Crippen LogP contribution >= 0.6 is 23.2 Å². The van der Waals surface area contributed by atoms with E-state index in [2.05, 4.69) is 10.0 Å². The Kier molecular flexibility index (Phi) is 12.3. The maximum atomic E-state index is 14.9. The van der Waals surface area contributed by atoms with Gasteiger partial charge in [0.2, 0.25) is 15.9 Å². The Morgan fingerprint density at radius 1 is 0.922 bits per heavy atom. The SMILES string of the molecule is CCOc1ccc(S(=O)(=O)NCOC)cc1C1=N[C@@H](c2ccc(Cl)cc2)[C@@H](c2ccc(Cl)cc2)N1C(=O)N1CCN(CC(=O)NC(C)(C)C)CC1. The highest BCUT2D eigenvalue weighted by Crippen LogP contribution is 2.45. The fourth-order valence-electron chi connectivity index (χ4n) is 6.12. The smallest absolute Gasteiger partial charge is 0.326 e. The Balaban J connectivity index is 1.60. The van der Waals surface area contributed by atoms with Gasteiger partial charge in [0.1, 0.15) is 24.4 Å². The number of ether oxygens (including phenoxy) is 2. The number of sulfonamides is 1. The molecule has 0 aliphatic carbocycles. The molecule has 3 aromatic carbocycles. The number of aliphatic imine (C=N–C) groups is 1. The molecule has 15 heteroatoms. The number of rotatable bonds is 11. The zero-order valence-electron chi connectivity index (χ0n) is 29.4. The van der Waals surface area contributed by atoms with Crippen molar-refractivity contribution in [2.24, 2.45) is 4.99 Å². The third kappa shape index (κ3) is 9.39. The quantitative estimate of drug-likeness (QED) is 0.248. The maximum absolute atomic E-state index is 14.9. The predicted molar refractivity (Wildman–Crippen MR) is 198 cm³/mol. The number of amides is 3. The molecule has 0 saturated carbocycles. The molecule has 274 valence electrons. The summed E-state index contributed by atoms with van der Waals surface area (Å²) in [6.07, 6.45) is 0. The summed E-state index contributed by atoms with van der Waals surface area (Å²) in [6.45, 7) is 9.59. The third-order valence-electron chi connectivity index (χ3n) is 8.42. The van der Waals surface area contributed by atoms with E-state index in [0.29, 0.717) is 47.5 Å². The number of carbonyl (C=O) groups is 2. The van der Waals surface area contributed by atoms with Crippen molar-refractivity contribution in [1.29, 1.82) is 0 Å². The standard InChI is InChI=1S/C36H44Cl2N6O6S/c1-6-50-30-16-15-28(51(47,48)39-23-49-5)21-29(30)34-40-32(24-7-11-26(37)12-8-24)33(25-9-13-27(38)14-10-25)44(34)35(46)43-19-17-42(18-20-43)22-31(45)41-36(2,3)4/h7-16,21,32-33,39H,6,17-20,22-23H2,1-5H3,(H,41,45)/t32-,33+/m0/s1. The molecule has 0 bridgehead atoms. The number of methoxy groups -OCH3 is 1. The Labute approximate surface area is 309 Å². The van der Waals surface area contributed by atoms with E-state index in [-0.39, 0.29) is 48.1 Å². The van der Waals surface area contributed by atoms with Crippen LogP contribution in [-0.2, 0) is 19.6 Å². The summed E-state index contributed by atoms with van der Waals surface area (Å²) < 4.78 is 40.0. The molecule has 0 aromatic heterocycles. The van der Waals surface area contributed by atoms with E-state index in [4.69, 9.17) is 37.7 Å². The minimum Gasteiger partial charge on any atom is -0.493 e. The molecule has 0 radical (unpaired) electrons. The minimum atomic E-state index is -4.00. The normalized spacial score (nSPS) is 18.5. The molecular weight excluding hydrogens is 715 g/mol. The maximum Gasteiger partial charge on any atom is 0.326 e. The van der Waals surface area contributed by atoms with E-state index >= 15 is 0 Å². The topological polar surface area (TPSA) is 133 Å². The van der Waals surface area contributed by atoms with Gasteiger partial charge >= 0.3 is 6.03 Å². The first kappa shape index (κ1) is 38.5. The summed E-state index contributed by atoms with van der Waals surface area (Å²) in [5.41, 5.74) is 1.55. The predicted octanol–water partition coefficient (Wildman–Crippen LogP) is 5.47. The molecule has 0 spiro atoms. The Hall–Kier alpha value is -3.72. The molecule has 1 saturated heterocycles. The van der Waals surface area contributed by atoms with Crippen molar-refractivity contribution >= 4 is 51.0 Å². The second-order valence-electron chi connectivity index (χ2n) is 13.3. The van der Waals surface area contributed by atoms with Gasteiger partial charge in [-0.1, -0.05) is 47.5 Å². The minimum absolute atomic E-state index is 0.0479. The van der Waals surface area contributed by atoms with Crippen LogP contribution in [-0.4, -0.2) is 99.6 Å². The highest BCUT2D eigenvalue weighted by atomic mass is 35.5. The molecule has 2 N–H and O–H groups in total. The average Bonchev–Trinajstić information content (AvgIpc) is 3.48. The first-order valence-corrected chi connectivity index (χ1v) is 18.9. The third-order valence-corrected chi connectivity index (χ3v) is 10.3. The molecule has 3 aromatic rings. The Bertz CT molecular complexity index is 1840. The molecule has 51 heavy (non-hydrogen) atoms. The highest BCUT2D eigenvalue weighted by Gasteiger charge is 2.45. The van der Waals surface area contributed by atoms with Gasteiger partial charge in [0.05, 0.1) is 29.7 Å². The molecule has 2 atom stereocenters. The van der Waals surface area contributed by atoms with Gasteiger partial charge in [0.25, 0.3) is 0 Å². The molecule has 2 aliphatic rings. The lowest BCUT2D eigenvalue weighted by Gasteiger charge is -2.39. The lowest BCUT2D eigenvalue weighted by molar-refractivity contribution is -0.124. The monoisotopic (exact) mass is 758 g/mol. The van der Waals surface area contributed by atoms with Crippen molar-refractivity contribution in [2.45, 2.75) is 50.2 Å². The van der Waals surface area contributed by atoms with Crippen molar-refractivity contribution in [3.8, 4) is 5.75 Å². The number of urea groups is 1. The summed E-state index contributed by atoms with van der Waals surface area (Å²) in [6, 6.07) is 17.4. The zero-order valence-corrected chi connectivity index (χ0v) is 31.7. The molecule has 2 heterocycles. The second-order valence-corrected chi connectivity index (χ2v) is 16.0. The summed E-state index contributed by atoms with van der Waals surface area (Å²) in [5.74, 6) is 0.531. The van der Waals surface area contributed by atoms with E-state index in [0.717, 1.165) is 11.1 Å². The van der Waals surface area contributed by atoms with E-state index < -0.39 is 22.1 Å². The number of halogens is 2. The van der Waals surface area contributed by atoms with Crippen LogP contribution in [0.25, 0.3) is 0 Å².